The molecule has 0 saturated carbocycles. The summed E-state index contributed by atoms with van der Waals surface area (Å²) in [5.41, 5.74) is 0.224. The number of amides is 2. The van der Waals surface area contributed by atoms with Crippen molar-refractivity contribution in [2.75, 3.05) is 18.4 Å². The van der Waals surface area contributed by atoms with Crippen molar-refractivity contribution in [3.8, 4) is 0 Å². The molecule has 0 radical (unpaired) electrons. The number of piperidine rings is 1. The van der Waals surface area contributed by atoms with Crippen molar-refractivity contribution in [2.24, 2.45) is 0 Å². The molecule has 1 aliphatic heterocycles. The smallest absolute Gasteiger partial charge is 0.412 e. The highest BCUT2D eigenvalue weighted by Gasteiger charge is 2.24. The normalized spacial score (nSPS) is 15.9. The van der Waals surface area contributed by atoms with Gasteiger partial charge < -0.3 is 14.7 Å². The van der Waals surface area contributed by atoms with E-state index in [0.29, 0.717) is 25.9 Å². The molecule has 0 aromatic heterocycles. The number of halogens is 1. The van der Waals surface area contributed by atoms with Crippen LogP contribution < -0.4 is 5.32 Å². The number of carboxylic acid groups (broad SMARTS) is 1. The first-order chi connectivity index (χ1) is 11.2. The third-order valence-corrected chi connectivity index (χ3v) is 3.87. The minimum atomic E-state index is -0.920. The Morgan fingerprint density at radius 3 is 2.42 bits per heavy atom. The van der Waals surface area contributed by atoms with Crippen molar-refractivity contribution in [3.63, 3.8) is 0 Å². The lowest BCUT2D eigenvalue weighted by atomic mass is 9.89. The molecule has 1 aliphatic rings. The van der Waals surface area contributed by atoms with Crippen molar-refractivity contribution in [3.05, 3.63) is 29.6 Å². The topological polar surface area (TPSA) is 78.9 Å². The molecule has 1 heterocycles. The standard InChI is InChI=1S/C17H23FN2O4/c1-17(2,3)24-15(21)19-14-5-4-12(10-13(14)18)11-6-8-20(9-7-11)16(22)23/h4-5,10-11H,6-9H2,1-3H3,(H,19,21)(H,22,23). The Labute approximate surface area is 140 Å². The summed E-state index contributed by atoms with van der Waals surface area (Å²) < 4.78 is 19.3. The maximum Gasteiger partial charge on any atom is 0.412 e. The van der Waals surface area contributed by atoms with Gasteiger partial charge in [-0.2, -0.15) is 0 Å². The SMILES string of the molecule is CC(C)(C)OC(=O)Nc1ccc(C2CCN(C(=O)O)CC2)cc1F. The van der Waals surface area contributed by atoms with Crippen LogP contribution in [0.4, 0.5) is 19.7 Å². The van der Waals surface area contributed by atoms with Crippen LogP contribution in [-0.4, -0.2) is 40.9 Å². The van der Waals surface area contributed by atoms with Crippen LogP contribution in [0.25, 0.3) is 0 Å². The Hall–Kier alpha value is -2.31. The van der Waals surface area contributed by atoms with Crippen molar-refractivity contribution < 1.29 is 23.8 Å². The molecule has 24 heavy (non-hydrogen) atoms. The van der Waals surface area contributed by atoms with Gasteiger partial charge in [-0.3, -0.25) is 5.32 Å². The number of benzene rings is 1. The van der Waals surface area contributed by atoms with E-state index >= 15 is 0 Å². The first-order valence-electron chi connectivity index (χ1n) is 7.93. The summed E-state index contributed by atoms with van der Waals surface area (Å²) >= 11 is 0. The van der Waals surface area contributed by atoms with Crippen molar-refractivity contribution in [1.29, 1.82) is 0 Å². The fraction of sp³-hybridized carbons (Fsp3) is 0.529. The third kappa shape index (κ3) is 4.84. The highest BCUT2D eigenvalue weighted by Crippen LogP contribution is 2.30. The fourth-order valence-corrected chi connectivity index (χ4v) is 2.70. The second-order valence-corrected chi connectivity index (χ2v) is 6.91. The molecule has 6 nitrogen and oxygen atoms in total. The van der Waals surface area contributed by atoms with Gasteiger partial charge in [-0.15, -0.1) is 0 Å². The molecule has 2 rings (SSSR count). The summed E-state index contributed by atoms with van der Waals surface area (Å²) in [5, 5.41) is 11.4. The summed E-state index contributed by atoms with van der Waals surface area (Å²) in [6, 6.07) is 4.67. The summed E-state index contributed by atoms with van der Waals surface area (Å²) in [5.74, 6) is -0.412. The highest BCUT2D eigenvalue weighted by atomic mass is 19.1. The molecule has 2 N–H and O–H groups in total. The largest absolute Gasteiger partial charge is 0.465 e. The molecule has 1 aromatic carbocycles. The number of ether oxygens (including phenoxy) is 1. The number of nitrogens with zero attached hydrogens (tertiary/aromatic N) is 1. The van der Waals surface area contributed by atoms with E-state index in [4.69, 9.17) is 9.84 Å². The minimum Gasteiger partial charge on any atom is -0.465 e. The second kappa shape index (κ2) is 7.07. The van der Waals surface area contributed by atoms with Crippen LogP contribution in [0.2, 0.25) is 0 Å². The van der Waals surface area contributed by atoms with Gasteiger partial charge in [0.25, 0.3) is 0 Å². The van der Waals surface area contributed by atoms with Gasteiger partial charge in [0, 0.05) is 13.1 Å². The highest BCUT2D eigenvalue weighted by molar-refractivity contribution is 5.85. The average molecular weight is 338 g/mol. The number of rotatable bonds is 2. The van der Waals surface area contributed by atoms with Gasteiger partial charge in [0.15, 0.2) is 0 Å². The average Bonchev–Trinajstić information content (AvgIpc) is 2.47. The molecule has 0 aliphatic carbocycles. The first kappa shape index (κ1) is 18.0. The predicted molar refractivity (Wildman–Crippen MR) is 87.8 cm³/mol. The van der Waals surface area contributed by atoms with Gasteiger partial charge in [-0.05, 0) is 57.2 Å². The van der Waals surface area contributed by atoms with Gasteiger partial charge >= 0.3 is 12.2 Å². The van der Waals surface area contributed by atoms with E-state index in [1.165, 1.54) is 17.0 Å². The predicted octanol–water partition coefficient (Wildman–Crippen LogP) is 4.03. The van der Waals surface area contributed by atoms with Crippen molar-refractivity contribution in [1.82, 2.24) is 4.90 Å². The van der Waals surface area contributed by atoms with Crippen LogP contribution in [0.3, 0.4) is 0 Å². The van der Waals surface area contributed by atoms with Crippen LogP contribution in [-0.2, 0) is 4.74 Å². The maximum absolute atomic E-state index is 14.2. The Morgan fingerprint density at radius 2 is 1.92 bits per heavy atom. The zero-order chi connectivity index (χ0) is 17.9. The first-order valence-corrected chi connectivity index (χ1v) is 7.93. The number of hydrogen-bond acceptors (Lipinski definition) is 3. The second-order valence-electron chi connectivity index (χ2n) is 6.91. The van der Waals surface area contributed by atoms with Gasteiger partial charge in [-0.1, -0.05) is 6.07 Å². The van der Waals surface area contributed by atoms with Gasteiger partial charge in [0.05, 0.1) is 5.69 Å². The number of nitrogens with one attached hydrogen (secondary N) is 1. The summed E-state index contributed by atoms with van der Waals surface area (Å²) in [6.45, 7) is 6.08. The van der Waals surface area contributed by atoms with E-state index in [-0.39, 0.29) is 11.6 Å². The Morgan fingerprint density at radius 1 is 1.29 bits per heavy atom. The molecule has 0 atom stereocenters. The van der Waals surface area contributed by atoms with Crippen molar-refractivity contribution >= 4 is 17.9 Å². The number of hydrogen-bond donors (Lipinski definition) is 2. The number of carbonyl (C=O) groups is 2. The third-order valence-electron chi connectivity index (χ3n) is 3.87. The number of anilines is 1. The van der Waals surface area contributed by atoms with E-state index in [1.807, 2.05) is 0 Å². The lowest BCUT2D eigenvalue weighted by Gasteiger charge is -2.30. The molecular weight excluding hydrogens is 315 g/mol. The quantitative estimate of drug-likeness (QED) is 0.853. The van der Waals surface area contributed by atoms with E-state index in [2.05, 4.69) is 5.32 Å². The summed E-state index contributed by atoms with van der Waals surface area (Å²) in [4.78, 5) is 24.0. The molecule has 0 unspecified atom stereocenters. The lowest BCUT2D eigenvalue weighted by molar-refractivity contribution is 0.0635. The molecule has 0 spiro atoms. The van der Waals surface area contributed by atoms with Gasteiger partial charge in [-0.25, -0.2) is 14.0 Å². The molecule has 1 fully saturated rings. The Kier molecular flexibility index (Phi) is 5.31. The number of likely N-dealkylation sites (tertiary alicyclic amines) is 1. The molecular formula is C17H23FN2O4. The lowest BCUT2D eigenvalue weighted by Crippen LogP contribution is -2.36. The van der Waals surface area contributed by atoms with E-state index < -0.39 is 23.6 Å². The maximum atomic E-state index is 14.2. The Balaban J connectivity index is 2.00. The molecule has 132 valence electrons. The van der Waals surface area contributed by atoms with E-state index in [9.17, 15) is 14.0 Å². The van der Waals surface area contributed by atoms with Crippen LogP contribution >= 0.6 is 0 Å². The fourth-order valence-electron chi connectivity index (χ4n) is 2.70. The van der Waals surface area contributed by atoms with Crippen molar-refractivity contribution in [2.45, 2.75) is 45.1 Å². The Bertz CT molecular complexity index is 620. The number of carbonyl (C=O) groups excluding carboxylic acids is 1. The molecule has 2 amide bonds. The monoisotopic (exact) mass is 338 g/mol. The van der Waals surface area contributed by atoms with Crippen LogP contribution in [0.15, 0.2) is 18.2 Å². The van der Waals surface area contributed by atoms with E-state index in [1.54, 1.807) is 26.8 Å². The van der Waals surface area contributed by atoms with Gasteiger partial charge in [0.1, 0.15) is 11.4 Å². The van der Waals surface area contributed by atoms with Gasteiger partial charge in [0.2, 0.25) is 0 Å². The molecule has 0 bridgehead atoms. The zero-order valence-corrected chi connectivity index (χ0v) is 14.1. The van der Waals surface area contributed by atoms with Crippen LogP contribution in [0, 0.1) is 5.82 Å². The minimum absolute atomic E-state index is 0.0657. The summed E-state index contributed by atoms with van der Waals surface area (Å²) in [6.07, 6.45) is -0.310. The summed E-state index contributed by atoms with van der Waals surface area (Å²) in [7, 11) is 0. The zero-order valence-electron chi connectivity index (χ0n) is 14.1. The molecule has 1 aromatic rings. The van der Waals surface area contributed by atoms with E-state index in [0.717, 1.165) is 5.56 Å². The van der Waals surface area contributed by atoms with Crippen LogP contribution in [0.5, 0.6) is 0 Å². The molecule has 7 heteroatoms. The van der Waals surface area contributed by atoms with Crippen LogP contribution in [0.1, 0.15) is 45.1 Å². The molecule has 1 saturated heterocycles.